The number of nitrogens with one attached hydrogen (secondary N) is 1. The number of nitrogens with zero attached hydrogens (tertiary/aromatic N) is 3. The zero-order chi connectivity index (χ0) is 22.1. The summed E-state index contributed by atoms with van der Waals surface area (Å²) < 4.78 is 5.47. The van der Waals surface area contributed by atoms with E-state index in [1.54, 1.807) is 18.0 Å². The molecule has 2 aliphatic heterocycles. The van der Waals surface area contributed by atoms with Crippen molar-refractivity contribution in [3.63, 3.8) is 0 Å². The van der Waals surface area contributed by atoms with Gasteiger partial charge in [-0.05, 0) is 25.0 Å². The standard InChI is InChI=1S/C25H22N4O2S/c1-3-31-24(30)21-16(2)27-25-29(20(15-32-25)17-10-6-4-7-11-17)23(21)19-14-26-28-22(19)18-12-8-5-9-13-18/h4-15,23H,3H2,1-2H3,(H,26,28)/t23-/m0/s1. The minimum atomic E-state index is -0.419. The van der Waals surface area contributed by atoms with Crippen LogP contribution in [-0.2, 0) is 9.53 Å². The summed E-state index contributed by atoms with van der Waals surface area (Å²) in [7, 11) is 0. The van der Waals surface area contributed by atoms with Crippen LogP contribution in [0, 0.1) is 0 Å². The first-order chi connectivity index (χ1) is 15.7. The first kappa shape index (κ1) is 20.3. The van der Waals surface area contributed by atoms with Crippen molar-refractivity contribution in [2.45, 2.75) is 19.9 Å². The van der Waals surface area contributed by atoms with Gasteiger partial charge in [0.1, 0.15) is 0 Å². The highest BCUT2D eigenvalue weighted by Crippen LogP contribution is 2.48. The number of esters is 1. The van der Waals surface area contributed by atoms with Gasteiger partial charge in [0, 0.05) is 11.0 Å². The lowest BCUT2D eigenvalue weighted by Gasteiger charge is -2.36. The van der Waals surface area contributed by atoms with E-state index in [-0.39, 0.29) is 5.97 Å². The molecule has 1 N–H and O–H groups in total. The molecule has 1 atom stereocenters. The summed E-state index contributed by atoms with van der Waals surface area (Å²) in [6, 6.07) is 19.7. The maximum absolute atomic E-state index is 13.2. The average molecular weight is 443 g/mol. The van der Waals surface area contributed by atoms with Crippen molar-refractivity contribution in [3.05, 3.63) is 94.7 Å². The van der Waals surface area contributed by atoms with Gasteiger partial charge in [0.25, 0.3) is 0 Å². The Morgan fingerprint density at radius 2 is 1.78 bits per heavy atom. The summed E-state index contributed by atoms with van der Waals surface area (Å²) in [6.45, 7) is 3.98. The monoisotopic (exact) mass is 442 g/mol. The second-order valence-electron chi connectivity index (χ2n) is 7.44. The number of amidine groups is 1. The van der Waals surface area contributed by atoms with E-state index in [2.05, 4.69) is 32.6 Å². The lowest BCUT2D eigenvalue weighted by molar-refractivity contribution is -0.139. The summed E-state index contributed by atoms with van der Waals surface area (Å²) in [5.74, 6) is -0.359. The van der Waals surface area contributed by atoms with Crippen LogP contribution in [0.2, 0.25) is 0 Å². The van der Waals surface area contributed by atoms with E-state index in [0.29, 0.717) is 17.9 Å². The van der Waals surface area contributed by atoms with E-state index in [9.17, 15) is 4.79 Å². The third-order valence-electron chi connectivity index (χ3n) is 5.52. The van der Waals surface area contributed by atoms with Gasteiger partial charge in [0.15, 0.2) is 5.17 Å². The van der Waals surface area contributed by atoms with Crippen molar-refractivity contribution in [3.8, 4) is 11.3 Å². The Hall–Kier alpha value is -3.58. The number of benzene rings is 2. The minimum Gasteiger partial charge on any atom is -0.463 e. The van der Waals surface area contributed by atoms with Crippen LogP contribution in [0.3, 0.4) is 0 Å². The molecule has 5 rings (SSSR count). The largest absolute Gasteiger partial charge is 0.463 e. The molecule has 7 heteroatoms. The third-order valence-corrected chi connectivity index (χ3v) is 6.36. The Labute approximate surface area is 190 Å². The molecule has 3 aromatic rings. The number of hydrogen-bond acceptors (Lipinski definition) is 6. The molecule has 0 saturated heterocycles. The lowest BCUT2D eigenvalue weighted by Crippen LogP contribution is -2.36. The van der Waals surface area contributed by atoms with E-state index in [1.165, 1.54) is 0 Å². The number of fused-ring (bicyclic) bond motifs is 1. The number of hydrogen-bond donors (Lipinski definition) is 1. The second kappa shape index (κ2) is 8.51. The zero-order valence-electron chi connectivity index (χ0n) is 17.8. The molecule has 0 saturated carbocycles. The molecule has 2 aromatic carbocycles. The van der Waals surface area contributed by atoms with Crippen LogP contribution in [0.4, 0.5) is 0 Å². The summed E-state index contributed by atoms with van der Waals surface area (Å²) in [4.78, 5) is 20.1. The SMILES string of the molecule is CCOC(=O)C1=C(C)N=C2SC=C(c3ccccc3)N2[C@H]1c1cn[nH]c1-c1ccccc1. The van der Waals surface area contributed by atoms with E-state index < -0.39 is 6.04 Å². The normalized spacial score (nSPS) is 17.7. The number of carbonyl (C=O) groups excluding carboxylic acids is 1. The van der Waals surface area contributed by atoms with Gasteiger partial charge in [-0.3, -0.25) is 5.10 Å². The number of aliphatic imine (C=N–C) groups is 1. The number of allylic oxidation sites excluding steroid dienone is 1. The molecule has 1 aromatic heterocycles. The Morgan fingerprint density at radius 3 is 2.47 bits per heavy atom. The van der Waals surface area contributed by atoms with E-state index in [1.807, 2.05) is 62.4 Å². The molecule has 2 aliphatic rings. The Bertz CT molecular complexity index is 1250. The Kier molecular flexibility index (Phi) is 5.41. The van der Waals surface area contributed by atoms with Crippen molar-refractivity contribution in [1.82, 2.24) is 15.1 Å². The molecule has 6 nitrogen and oxygen atoms in total. The fourth-order valence-electron chi connectivity index (χ4n) is 4.10. The van der Waals surface area contributed by atoms with Crippen LogP contribution in [0.5, 0.6) is 0 Å². The topological polar surface area (TPSA) is 70.6 Å². The molecule has 0 unspecified atom stereocenters. The number of aromatic nitrogens is 2. The average Bonchev–Trinajstić information content (AvgIpc) is 3.47. The Balaban J connectivity index is 1.69. The van der Waals surface area contributed by atoms with Gasteiger partial charge in [-0.1, -0.05) is 72.4 Å². The maximum atomic E-state index is 13.2. The fraction of sp³-hybridized carbons (Fsp3) is 0.160. The van der Waals surface area contributed by atoms with Gasteiger partial charge in [-0.2, -0.15) is 5.10 Å². The van der Waals surface area contributed by atoms with Gasteiger partial charge >= 0.3 is 5.97 Å². The van der Waals surface area contributed by atoms with Gasteiger partial charge in [0.2, 0.25) is 0 Å². The van der Waals surface area contributed by atoms with Crippen molar-refractivity contribution in [2.24, 2.45) is 4.99 Å². The van der Waals surface area contributed by atoms with Crippen molar-refractivity contribution in [2.75, 3.05) is 6.61 Å². The van der Waals surface area contributed by atoms with E-state index >= 15 is 0 Å². The van der Waals surface area contributed by atoms with Crippen LogP contribution < -0.4 is 0 Å². The minimum absolute atomic E-state index is 0.298. The molecule has 0 bridgehead atoms. The van der Waals surface area contributed by atoms with Gasteiger partial charge in [-0.15, -0.1) is 0 Å². The number of carbonyl (C=O) groups is 1. The molecular formula is C25H22N4O2S. The lowest BCUT2D eigenvalue weighted by atomic mass is 9.92. The molecule has 32 heavy (non-hydrogen) atoms. The van der Waals surface area contributed by atoms with Crippen LogP contribution in [0.25, 0.3) is 17.0 Å². The Morgan fingerprint density at radius 1 is 1.09 bits per heavy atom. The van der Waals surface area contributed by atoms with Crippen LogP contribution >= 0.6 is 11.8 Å². The summed E-state index contributed by atoms with van der Waals surface area (Å²) in [5.41, 5.74) is 6.01. The number of ether oxygens (including phenoxy) is 1. The second-order valence-corrected chi connectivity index (χ2v) is 8.28. The van der Waals surface area contributed by atoms with Crippen molar-refractivity contribution < 1.29 is 9.53 Å². The fourth-order valence-corrected chi connectivity index (χ4v) is 5.08. The molecule has 0 aliphatic carbocycles. The maximum Gasteiger partial charge on any atom is 0.338 e. The summed E-state index contributed by atoms with van der Waals surface area (Å²) in [5, 5.41) is 10.4. The van der Waals surface area contributed by atoms with Crippen molar-refractivity contribution >= 4 is 28.6 Å². The number of H-pyrrole nitrogens is 1. The molecule has 0 amide bonds. The molecule has 3 heterocycles. The highest BCUT2D eigenvalue weighted by molar-refractivity contribution is 8.16. The first-order valence-electron chi connectivity index (χ1n) is 10.5. The third kappa shape index (κ3) is 3.44. The van der Waals surface area contributed by atoms with Gasteiger partial charge in [0.05, 0.1) is 41.5 Å². The number of thioether (sulfide) groups is 1. The molecule has 160 valence electrons. The van der Waals surface area contributed by atoms with Crippen LogP contribution in [0.15, 0.2) is 88.5 Å². The van der Waals surface area contributed by atoms with Crippen molar-refractivity contribution in [1.29, 1.82) is 0 Å². The van der Waals surface area contributed by atoms with E-state index in [4.69, 9.17) is 9.73 Å². The summed E-state index contributed by atoms with van der Waals surface area (Å²) in [6.07, 6.45) is 1.80. The molecule has 0 fully saturated rings. The quantitative estimate of drug-likeness (QED) is 0.538. The van der Waals surface area contributed by atoms with E-state index in [0.717, 1.165) is 33.2 Å². The van der Waals surface area contributed by atoms with Crippen LogP contribution in [-0.4, -0.2) is 32.8 Å². The first-order valence-corrected chi connectivity index (χ1v) is 11.3. The number of rotatable bonds is 5. The summed E-state index contributed by atoms with van der Waals surface area (Å²) >= 11 is 1.56. The molecule has 0 spiro atoms. The predicted molar refractivity (Wildman–Crippen MR) is 127 cm³/mol. The van der Waals surface area contributed by atoms with Gasteiger partial charge < -0.3 is 9.64 Å². The zero-order valence-corrected chi connectivity index (χ0v) is 18.6. The predicted octanol–water partition coefficient (Wildman–Crippen LogP) is 5.37. The highest BCUT2D eigenvalue weighted by Gasteiger charge is 2.42. The van der Waals surface area contributed by atoms with Crippen LogP contribution in [0.1, 0.15) is 31.0 Å². The number of aromatic amines is 1. The molecule has 0 radical (unpaired) electrons. The highest BCUT2D eigenvalue weighted by atomic mass is 32.2. The van der Waals surface area contributed by atoms with Gasteiger partial charge in [-0.25, -0.2) is 9.79 Å². The smallest absolute Gasteiger partial charge is 0.338 e. The molecular weight excluding hydrogens is 420 g/mol.